The summed E-state index contributed by atoms with van der Waals surface area (Å²) in [7, 11) is -1.43. The summed E-state index contributed by atoms with van der Waals surface area (Å²) in [5, 5.41) is 18.0. The summed E-state index contributed by atoms with van der Waals surface area (Å²) in [6.07, 6.45) is 1.79. The predicted octanol–water partition coefficient (Wildman–Crippen LogP) is -0.369. The van der Waals surface area contributed by atoms with Crippen LogP contribution >= 0.6 is 0 Å². The van der Waals surface area contributed by atoms with Crippen LogP contribution in [0.2, 0.25) is 0 Å². The molecule has 2 aromatic heterocycles. The molecular formula is C9H11BN2O2. The van der Waals surface area contributed by atoms with Crippen molar-refractivity contribution in [3.63, 3.8) is 0 Å². The lowest BCUT2D eigenvalue weighted by molar-refractivity contribution is 0.426. The Morgan fingerprint density at radius 1 is 1.36 bits per heavy atom. The van der Waals surface area contributed by atoms with Gasteiger partial charge in [0.15, 0.2) is 0 Å². The van der Waals surface area contributed by atoms with Gasteiger partial charge in [0.05, 0.1) is 5.69 Å². The SMILES string of the molecule is Cc1nc2cc(B(O)O)ccn2c1C. The van der Waals surface area contributed by atoms with Gasteiger partial charge in [-0.05, 0) is 31.4 Å². The number of pyridine rings is 1. The second kappa shape index (κ2) is 3.11. The molecule has 0 saturated carbocycles. The van der Waals surface area contributed by atoms with Crippen molar-refractivity contribution in [2.24, 2.45) is 0 Å². The zero-order valence-corrected chi connectivity index (χ0v) is 8.10. The van der Waals surface area contributed by atoms with E-state index < -0.39 is 7.12 Å². The number of imidazole rings is 1. The second-order valence-corrected chi connectivity index (χ2v) is 3.34. The van der Waals surface area contributed by atoms with E-state index in [1.165, 1.54) is 0 Å². The normalized spacial score (nSPS) is 10.9. The van der Waals surface area contributed by atoms with Crippen LogP contribution < -0.4 is 5.46 Å². The Kier molecular flexibility index (Phi) is 2.05. The van der Waals surface area contributed by atoms with E-state index in [2.05, 4.69) is 4.98 Å². The van der Waals surface area contributed by atoms with Crippen molar-refractivity contribution in [2.75, 3.05) is 0 Å². The summed E-state index contributed by atoms with van der Waals surface area (Å²) >= 11 is 0. The molecule has 0 spiro atoms. The monoisotopic (exact) mass is 190 g/mol. The minimum absolute atomic E-state index is 0.461. The first-order valence-electron chi connectivity index (χ1n) is 4.41. The van der Waals surface area contributed by atoms with E-state index in [4.69, 9.17) is 10.0 Å². The molecule has 0 amide bonds. The van der Waals surface area contributed by atoms with Gasteiger partial charge in [-0.3, -0.25) is 0 Å². The Labute approximate surface area is 82.0 Å². The smallest absolute Gasteiger partial charge is 0.423 e. The zero-order valence-electron chi connectivity index (χ0n) is 8.10. The van der Waals surface area contributed by atoms with Crippen molar-refractivity contribution < 1.29 is 10.0 Å². The van der Waals surface area contributed by atoms with Crippen LogP contribution in [-0.2, 0) is 0 Å². The molecule has 2 aromatic rings. The molecule has 2 heterocycles. The fourth-order valence-corrected chi connectivity index (χ4v) is 1.46. The van der Waals surface area contributed by atoms with Crippen LogP contribution in [-0.4, -0.2) is 26.6 Å². The number of aryl methyl sites for hydroxylation is 2. The van der Waals surface area contributed by atoms with E-state index in [0.717, 1.165) is 17.0 Å². The average Bonchev–Trinajstić information content (AvgIpc) is 2.42. The molecule has 0 aliphatic carbocycles. The maximum absolute atomic E-state index is 8.98. The summed E-state index contributed by atoms with van der Waals surface area (Å²) in [5.41, 5.74) is 3.22. The maximum atomic E-state index is 8.98. The predicted molar refractivity (Wildman–Crippen MR) is 54.5 cm³/mol. The lowest BCUT2D eigenvalue weighted by Gasteiger charge is -2.00. The first-order chi connectivity index (χ1) is 6.59. The molecule has 2 N–H and O–H groups in total. The van der Waals surface area contributed by atoms with E-state index in [-0.39, 0.29) is 0 Å². The minimum Gasteiger partial charge on any atom is -0.423 e. The maximum Gasteiger partial charge on any atom is 0.488 e. The Hall–Kier alpha value is -1.33. The molecule has 72 valence electrons. The number of aromatic nitrogens is 2. The molecular weight excluding hydrogens is 179 g/mol. The largest absolute Gasteiger partial charge is 0.488 e. The highest BCUT2D eigenvalue weighted by atomic mass is 16.4. The van der Waals surface area contributed by atoms with Crippen molar-refractivity contribution in [1.82, 2.24) is 9.38 Å². The first-order valence-corrected chi connectivity index (χ1v) is 4.41. The fourth-order valence-electron chi connectivity index (χ4n) is 1.46. The molecule has 0 saturated heterocycles. The van der Waals surface area contributed by atoms with E-state index in [1.807, 2.05) is 18.2 Å². The summed E-state index contributed by atoms with van der Waals surface area (Å²) in [4.78, 5) is 4.30. The van der Waals surface area contributed by atoms with E-state index in [9.17, 15) is 0 Å². The van der Waals surface area contributed by atoms with E-state index in [1.54, 1.807) is 18.3 Å². The van der Waals surface area contributed by atoms with Gasteiger partial charge in [0.2, 0.25) is 0 Å². The van der Waals surface area contributed by atoms with E-state index in [0.29, 0.717) is 5.46 Å². The Morgan fingerprint density at radius 3 is 2.71 bits per heavy atom. The summed E-state index contributed by atoms with van der Waals surface area (Å²) in [6.45, 7) is 3.90. The molecule has 0 atom stereocenters. The third-order valence-electron chi connectivity index (χ3n) is 2.42. The fraction of sp³-hybridized carbons (Fsp3) is 0.222. The van der Waals surface area contributed by atoms with Crippen LogP contribution in [0.1, 0.15) is 11.4 Å². The summed E-state index contributed by atoms with van der Waals surface area (Å²) < 4.78 is 1.92. The van der Waals surface area contributed by atoms with Gasteiger partial charge in [0, 0.05) is 11.9 Å². The molecule has 0 aromatic carbocycles. The number of nitrogens with zero attached hydrogens (tertiary/aromatic N) is 2. The Balaban J connectivity index is 2.67. The van der Waals surface area contributed by atoms with Crippen molar-refractivity contribution in [3.8, 4) is 0 Å². The lowest BCUT2D eigenvalue weighted by Crippen LogP contribution is -2.29. The molecule has 2 rings (SSSR count). The average molecular weight is 190 g/mol. The van der Waals surface area contributed by atoms with Crippen molar-refractivity contribution in [2.45, 2.75) is 13.8 Å². The third-order valence-corrected chi connectivity index (χ3v) is 2.42. The highest BCUT2D eigenvalue weighted by Gasteiger charge is 2.12. The van der Waals surface area contributed by atoms with Crippen LogP contribution in [0, 0.1) is 13.8 Å². The molecule has 0 aliphatic heterocycles. The van der Waals surface area contributed by atoms with Crippen LogP contribution in [0.4, 0.5) is 0 Å². The van der Waals surface area contributed by atoms with Crippen LogP contribution in [0.15, 0.2) is 18.3 Å². The number of hydrogen-bond acceptors (Lipinski definition) is 3. The first kappa shape index (κ1) is 9.24. The lowest BCUT2D eigenvalue weighted by atomic mass is 9.81. The number of hydrogen-bond donors (Lipinski definition) is 2. The molecule has 0 fully saturated rings. The van der Waals surface area contributed by atoms with Crippen LogP contribution in [0.5, 0.6) is 0 Å². The molecule has 0 unspecified atom stereocenters. The van der Waals surface area contributed by atoms with Crippen LogP contribution in [0.3, 0.4) is 0 Å². The van der Waals surface area contributed by atoms with Gasteiger partial charge in [-0.2, -0.15) is 0 Å². The molecule has 0 aliphatic rings. The van der Waals surface area contributed by atoms with Gasteiger partial charge in [0.1, 0.15) is 5.65 Å². The van der Waals surface area contributed by atoms with Crippen molar-refractivity contribution in [3.05, 3.63) is 29.7 Å². The molecule has 0 radical (unpaired) electrons. The van der Waals surface area contributed by atoms with Crippen LogP contribution in [0.25, 0.3) is 5.65 Å². The van der Waals surface area contributed by atoms with Gasteiger partial charge < -0.3 is 14.4 Å². The third kappa shape index (κ3) is 1.30. The van der Waals surface area contributed by atoms with Crippen molar-refractivity contribution >= 4 is 18.2 Å². The van der Waals surface area contributed by atoms with Gasteiger partial charge >= 0.3 is 7.12 Å². The van der Waals surface area contributed by atoms with Gasteiger partial charge in [-0.1, -0.05) is 0 Å². The zero-order chi connectivity index (χ0) is 10.3. The summed E-state index contributed by atoms with van der Waals surface area (Å²) in [6, 6.07) is 3.34. The molecule has 4 nitrogen and oxygen atoms in total. The van der Waals surface area contributed by atoms with Crippen molar-refractivity contribution in [1.29, 1.82) is 0 Å². The highest BCUT2D eigenvalue weighted by Crippen LogP contribution is 2.08. The minimum atomic E-state index is -1.43. The number of fused-ring (bicyclic) bond motifs is 1. The van der Waals surface area contributed by atoms with Gasteiger partial charge in [-0.25, -0.2) is 4.98 Å². The second-order valence-electron chi connectivity index (χ2n) is 3.34. The Bertz CT molecular complexity index is 479. The molecule has 0 bridgehead atoms. The quantitative estimate of drug-likeness (QED) is 0.603. The van der Waals surface area contributed by atoms with Gasteiger partial charge in [-0.15, -0.1) is 0 Å². The topological polar surface area (TPSA) is 57.8 Å². The summed E-state index contributed by atoms with van der Waals surface area (Å²) in [5.74, 6) is 0. The Morgan fingerprint density at radius 2 is 2.07 bits per heavy atom. The standard InChI is InChI=1S/C9H11BN2O2/c1-6-7(2)12-4-3-8(10(13)14)5-9(12)11-6/h3-5,13-14H,1-2H3. The number of rotatable bonds is 1. The molecule has 14 heavy (non-hydrogen) atoms. The van der Waals surface area contributed by atoms with Gasteiger partial charge in [0.25, 0.3) is 0 Å². The van der Waals surface area contributed by atoms with E-state index >= 15 is 0 Å². The molecule has 5 heteroatoms. The highest BCUT2D eigenvalue weighted by molar-refractivity contribution is 6.58.